The molecule has 7 heteroatoms. The number of hydrogen-bond donors (Lipinski definition) is 2. The summed E-state index contributed by atoms with van der Waals surface area (Å²) in [6.07, 6.45) is 0.400. The summed E-state index contributed by atoms with van der Waals surface area (Å²) < 4.78 is 15.8. The number of benzene rings is 2. The lowest BCUT2D eigenvalue weighted by Gasteiger charge is -2.15. The van der Waals surface area contributed by atoms with Crippen molar-refractivity contribution < 1.29 is 28.6 Å². The standard InChI is InChI=1S/C21H21NO6/c1-12-4-7-18(26-3)17(8-12)22-21(25)13(2)28-20(24)9-14-11-27-19-10-15(23)5-6-16(14)19/h4-8,10-11,13,23H,9H2,1-3H3,(H,22,25)/t13-/m0/s1. The second-order valence-corrected chi connectivity index (χ2v) is 6.44. The van der Waals surface area contributed by atoms with Gasteiger partial charge in [-0.15, -0.1) is 0 Å². The van der Waals surface area contributed by atoms with Crippen LogP contribution < -0.4 is 10.1 Å². The SMILES string of the molecule is COc1ccc(C)cc1NC(=O)[C@H](C)OC(=O)Cc1coc2cc(O)ccc12. The molecule has 1 heterocycles. The average molecular weight is 383 g/mol. The minimum atomic E-state index is -0.986. The van der Waals surface area contributed by atoms with Gasteiger partial charge < -0.3 is 24.3 Å². The lowest BCUT2D eigenvalue weighted by Crippen LogP contribution is -2.30. The first kappa shape index (κ1) is 19.3. The van der Waals surface area contributed by atoms with Gasteiger partial charge in [0.05, 0.1) is 25.5 Å². The number of rotatable bonds is 6. The number of amides is 1. The molecule has 7 nitrogen and oxygen atoms in total. The van der Waals surface area contributed by atoms with Crippen molar-refractivity contribution >= 4 is 28.5 Å². The quantitative estimate of drug-likeness (QED) is 0.632. The summed E-state index contributed by atoms with van der Waals surface area (Å²) in [5.74, 6) is -0.424. The molecule has 0 unspecified atom stereocenters. The van der Waals surface area contributed by atoms with Gasteiger partial charge in [0.25, 0.3) is 5.91 Å². The zero-order valence-corrected chi connectivity index (χ0v) is 15.8. The molecule has 3 aromatic rings. The van der Waals surface area contributed by atoms with Gasteiger partial charge in [-0.3, -0.25) is 9.59 Å². The van der Waals surface area contributed by atoms with Crippen LogP contribution in [0.3, 0.4) is 0 Å². The molecule has 28 heavy (non-hydrogen) atoms. The lowest BCUT2D eigenvalue weighted by molar-refractivity contribution is -0.152. The molecule has 2 aromatic carbocycles. The van der Waals surface area contributed by atoms with Gasteiger partial charge in [-0.25, -0.2) is 0 Å². The Morgan fingerprint density at radius 3 is 2.75 bits per heavy atom. The van der Waals surface area contributed by atoms with Crippen molar-refractivity contribution in [3.63, 3.8) is 0 Å². The van der Waals surface area contributed by atoms with Crippen LogP contribution in [0.5, 0.6) is 11.5 Å². The molecule has 0 saturated carbocycles. The van der Waals surface area contributed by atoms with Crippen molar-refractivity contribution in [3.8, 4) is 11.5 Å². The number of hydrogen-bond acceptors (Lipinski definition) is 6. The number of anilines is 1. The van der Waals surface area contributed by atoms with Crippen LogP contribution in [0, 0.1) is 6.92 Å². The molecule has 0 spiro atoms. The number of carbonyl (C=O) groups is 2. The summed E-state index contributed by atoms with van der Waals surface area (Å²) in [5.41, 5.74) is 2.56. The van der Waals surface area contributed by atoms with Crippen molar-refractivity contribution in [1.29, 1.82) is 0 Å². The Morgan fingerprint density at radius 2 is 2.00 bits per heavy atom. The molecule has 0 aliphatic heterocycles. The fourth-order valence-electron chi connectivity index (χ4n) is 2.81. The van der Waals surface area contributed by atoms with E-state index < -0.39 is 18.0 Å². The third-order valence-electron chi connectivity index (χ3n) is 4.26. The minimum absolute atomic E-state index is 0.0524. The highest BCUT2D eigenvalue weighted by Gasteiger charge is 2.20. The van der Waals surface area contributed by atoms with Gasteiger partial charge in [-0.05, 0) is 43.7 Å². The molecule has 146 valence electrons. The van der Waals surface area contributed by atoms with E-state index in [0.29, 0.717) is 28.0 Å². The Balaban J connectivity index is 1.63. The Labute approximate surface area is 161 Å². The topological polar surface area (TPSA) is 98.0 Å². The lowest BCUT2D eigenvalue weighted by atomic mass is 10.1. The van der Waals surface area contributed by atoms with Crippen molar-refractivity contribution in [2.75, 3.05) is 12.4 Å². The number of aromatic hydroxyl groups is 1. The number of fused-ring (bicyclic) bond motifs is 1. The third kappa shape index (κ3) is 4.25. The normalized spacial score (nSPS) is 11.8. The summed E-state index contributed by atoms with van der Waals surface area (Å²) in [6, 6.07) is 10.0. The van der Waals surface area contributed by atoms with Crippen LogP contribution in [0.2, 0.25) is 0 Å². The summed E-state index contributed by atoms with van der Waals surface area (Å²) >= 11 is 0. The molecule has 1 aromatic heterocycles. The summed E-state index contributed by atoms with van der Waals surface area (Å²) in [4.78, 5) is 24.6. The molecule has 1 atom stereocenters. The number of methoxy groups -OCH3 is 1. The first-order valence-electron chi connectivity index (χ1n) is 8.71. The molecular formula is C21H21NO6. The maximum atomic E-state index is 12.4. The number of nitrogens with one attached hydrogen (secondary N) is 1. The molecular weight excluding hydrogens is 362 g/mol. The van der Waals surface area contributed by atoms with E-state index in [4.69, 9.17) is 13.9 Å². The Bertz CT molecular complexity index is 1020. The number of phenols is 1. The molecule has 0 fully saturated rings. The number of aryl methyl sites for hydroxylation is 1. The number of furan rings is 1. The molecule has 0 radical (unpaired) electrons. The van der Waals surface area contributed by atoms with Crippen LogP contribution in [0.4, 0.5) is 5.69 Å². The van der Waals surface area contributed by atoms with E-state index in [0.717, 1.165) is 5.56 Å². The van der Waals surface area contributed by atoms with Crippen molar-refractivity contribution in [3.05, 3.63) is 53.8 Å². The molecule has 1 amide bonds. The van der Waals surface area contributed by atoms with E-state index in [1.54, 1.807) is 18.2 Å². The Kier molecular flexibility index (Phi) is 5.54. The van der Waals surface area contributed by atoms with Gasteiger partial charge in [0.15, 0.2) is 6.10 Å². The highest BCUT2D eigenvalue weighted by atomic mass is 16.5. The molecule has 3 rings (SSSR count). The van der Waals surface area contributed by atoms with Crippen molar-refractivity contribution in [2.45, 2.75) is 26.4 Å². The maximum absolute atomic E-state index is 12.4. The van der Waals surface area contributed by atoms with E-state index in [1.165, 1.54) is 32.4 Å². The molecule has 2 N–H and O–H groups in total. The smallest absolute Gasteiger partial charge is 0.311 e. The van der Waals surface area contributed by atoms with Crippen molar-refractivity contribution in [1.82, 2.24) is 0 Å². The van der Waals surface area contributed by atoms with Crippen molar-refractivity contribution in [2.24, 2.45) is 0 Å². The third-order valence-corrected chi connectivity index (χ3v) is 4.26. The maximum Gasteiger partial charge on any atom is 0.311 e. The predicted molar refractivity (Wildman–Crippen MR) is 103 cm³/mol. The van der Waals surface area contributed by atoms with E-state index >= 15 is 0 Å². The zero-order chi connectivity index (χ0) is 20.3. The summed E-state index contributed by atoms with van der Waals surface area (Å²) in [6.45, 7) is 3.40. The molecule has 0 saturated heterocycles. The largest absolute Gasteiger partial charge is 0.508 e. The van der Waals surface area contributed by atoms with Gasteiger partial charge >= 0.3 is 5.97 Å². The number of esters is 1. The molecule has 0 aliphatic rings. The van der Waals surface area contributed by atoms with Gasteiger partial charge in [-0.1, -0.05) is 6.07 Å². The summed E-state index contributed by atoms with van der Waals surface area (Å²) in [5, 5.41) is 12.9. The fourth-order valence-corrected chi connectivity index (χ4v) is 2.81. The van der Waals surface area contributed by atoms with E-state index in [1.807, 2.05) is 13.0 Å². The zero-order valence-electron chi connectivity index (χ0n) is 15.8. The predicted octanol–water partition coefficient (Wildman–Crippen LogP) is 3.57. The first-order valence-corrected chi connectivity index (χ1v) is 8.71. The van der Waals surface area contributed by atoms with Crippen LogP contribution in [0.15, 0.2) is 47.1 Å². The minimum Gasteiger partial charge on any atom is -0.508 e. The first-order chi connectivity index (χ1) is 13.4. The van der Waals surface area contributed by atoms with Crippen LogP contribution in [0.1, 0.15) is 18.1 Å². The fraction of sp³-hybridized carbons (Fsp3) is 0.238. The average Bonchev–Trinajstić information content (AvgIpc) is 3.03. The van der Waals surface area contributed by atoms with Gasteiger partial charge in [0.2, 0.25) is 0 Å². The second-order valence-electron chi connectivity index (χ2n) is 6.44. The van der Waals surface area contributed by atoms with Crippen LogP contribution in [0.25, 0.3) is 11.0 Å². The Morgan fingerprint density at radius 1 is 1.21 bits per heavy atom. The van der Waals surface area contributed by atoms with Crippen LogP contribution in [-0.4, -0.2) is 30.2 Å². The summed E-state index contributed by atoms with van der Waals surface area (Å²) in [7, 11) is 1.51. The highest BCUT2D eigenvalue weighted by Crippen LogP contribution is 2.27. The van der Waals surface area contributed by atoms with Gasteiger partial charge in [0.1, 0.15) is 17.1 Å². The highest BCUT2D eigenvalue weighted by molar-refractivity contribution is 5.96. The monoisotopic (exact) mass is 383 g/mol. The van der Waals surface area contributed by atoms with E-state index in [2.05, 4.69) is 5.32 Å². The second kappa shape index (κ2) is 8.04. The van der Waals surface area contributed by atoms with Crippen LogP contribution in [-0.2, 0) is 20.7 Å². The van der Waals surface area contributed by atoms with Crippen LogP contribution >= 0.6 is 0 Å². The Hall–Kier alpha value is -3.48. The number of carbonyl (C=O) groups excluding carboxylic acids is 2. The molecule has 0 bridgehead atoms. The van der Waals surface area contributed by atoms with E-state index in [9.17, 15) is 14.7 Å². The van der Waals surface area contributed by atoms with Gasteiger partial charge in [0, 0.05) is 17.0 Å². The number of ether oxygens (including phenoxy) is 2. The van der Waals surface area contributed by atoms with E-state index in [-0.39, 0.29) is 12.2 Å². The molecule has 0 aliphatic carbocycles. The van der Waals surface area contributed by atoms with Gasteiger partial charge in [-0.2, -0.15) is 0 Å². The number of phenolic OH excluding ortho intramolecular Hbond substituents is 1.